The molecule has 0 saturated carbocycles. The van der Waals surface area contributed by atoms with Crippen LogP contribution in [0.2, 0.25) is 0 Å². The lowest BCUT2D eigenvalue weighted by Gasteiger charge is -2.34. The van der Waals surface area contributed by atoms with Crippen molar-refractivity contribution in [3.63, 3.8) is 0 Å². The Balaban J connectivity index is 4.74. The van der Waals surface area contributed by atoms with Crippen LogP contribution in [0.15, 0.2) is 0 Å². The minimum atomic E-state index is -1.24. The number of rotatable bonds is 5. The molecule has 0 fully saturated rings. The SMILES string of the molecule is C#CCC(C)NC(=O)N(CC)C(C)(C)C(=O)O. The summed E-state index contributed by atoms with van der Waals surface area (Å²) in [5, 5.41) is 11.7. The molecule has 0 aromatic heterocycles. The van der Waals surface area contributed by atoms with E-state index in [9.17, 15) is 9.59 Å². The molecule has 17 heavy (non-hydrogen) atoms. The summed E-state index contributed by atoms with van der Waals surface area (Å²) in [6.07, 6.45) is 5.55. The number of likely N-dealkylation sites (N-methyl/N-ethyl adjacent to an activating group) is 1. The molecule has 5 nitrogen and oxygen atoms in total. The van der Waals surface area contributed by atoms with Gasteiger partial charge in [-0.3, -0.25) is 0 Å². The minimum absolute atomic E-state index is 0.175. The van der Waals surface area contributed by atoms with E-state index in [1.165, 1.54) is 18.7 Å². The summed E-state index contributed by atoms with van der Waals surface area (Å²) in [7, 11) is 0. The van der Waals surface area contributed by atoms with Crippen molar-refractivity contribution < 1.29 is 14.7 Å². The van der Waals surface area contributed by atoms with E-state index >= 15 is 0 Å². The van der Waals surface area contributed by atoms with Crippen LogP contribution in [-0.4, -0.2) is 40.1 Å². The highest BCUT2D eigenvalue weighted by molar-refractivity contribution is 5.85. The van der Waals surface area contributed by atoms with Crippen LogP contribution >= 0.6 is 0 Å². The third-order valence-corrected chi connectivity index (χ3v) is 2.55. The Kier molecular flexibility index (Phi) is 5.52. The average Bonchev–Trinajstić information content (AvgIpc) is 2.17. The molecule has 2 N–H and O–H groups in total. The van der Waals surface area contributed by atoms with Crippen LogP contribution in [0.25, 0.3) is 0 Å². The first kappa shape index (κ1) is 15.3. The number of nitrogens with zero attached hydrogens (tertiary/aromatic N) is 1. The second-order valence-electron chi connectivity index (χ2n) is 4.37. The van der Waals surface area contributed by atoms with E-state index < -0.39 is 17.5 Å². The second-order valence-corrected chi connectivity index (χ2v) is 4.37. The van der Waals surface area contributed by atoms with Gasteiger partial charge in [0, 0.05) is 19.0 Å². The monoisotopic (exact) mass is 240 g/mol. The van der Waals surface area contributed by atoms with Crippen LogP contribution < -0.4 is 5.32 Å². The number of aliphatic carboxylic acids is 1. The minimum Gasteiger partial charge on any atom is -0.480 e. The lowest BCUT2D eigenvalue weighted by Crippen LogP contribution is -2.57. The number of carbonyl (C=O) groups excluding carboxylic acids is 1. The summed E-state index contributed by atoms with van der Waals surface area (Å²) in [6.45, 7) is 6.80. The maximum atomic E-state index is 11.9. The van der Waals surface area contributed by atoms with Crippen molar-refractivity contribution in [2.24, 2.45) is 0 Å². The van der Waals surface area contributed by atoms with Gasteiger partial charge in [-0.05, 0) is 27.7 Å². The second kappa shape index (κ2) is 6.14. The topological polar surface area (TPSA) is 69.6 Å². The summed E-state index contributed by atoms with van der Waals surface area (Å²) in [6, 6.07) is -0.589. The highest BCUT2D eigenvalue weighted by Crippen LogP contribution is 2.14. The Bertz CT molecular complexity index is 331. The highest BCUT2D eigenvalue weighted by atomic mass is 16.4. The smallest absolute Gasteiger partial charge is 0.329 e. The molecular weight excluding hydrogens is 220 g/mol. The first-order chi connectivity index (χ1) is 7.77. The molecule has 0 aliphatic heterocycles. The van der Waals surface area contributed by atoms with Crippen LogP contribution in [0.4, 0.5) is 4.79 Å². The molecule has 1 atom stereocenters. The van der Waals surface area contributed by atoms with E-state index in [-0.39, 0.29) is 6.04 Å². The van der Waals surface area contributed by atoms with Gasteiger partial charge < -0.3 is 15.3 Å². The Morgan fingerprint density at radius 3 is 2.41 bits per heavy atom. The third kappa shape index (κ3) is 3.99. The van der Waals surface area contributed by atoms with Crippen molar-refractivity contribution in [3.05, 3.63) is 0 Å². The van der Waals surface area contributed by atoms with Gasteiger partial charge in [0.1, 0.15) is 5.54 Å². The molecule has 0 aromatic rings. The van der Waals surface area contributed by atoms with E-state index in [2.05, 4.69) is 11.2 Å². The summed E-state index contributed by atoms with van der Waals surface area (Å²) in [5.74, 6) is 1.40. The van der Waals surface area contributed by atoms with Crippen molar-refractivity contribution in [1.82, 2.24) is 10.2 Å². The molecule has 0 aromatic carbocycles. The van der Waals surface area contributed by atoms with Crippen LogP contribution in [0.3, 0.4) is 0 Å². The largest absolute Gasteiger partial charge is 0.480 e. The van der Waals surface area contributed by atoms with Crippen molar-refractivity contribution in [1.29, 1.82) is 0 Å². The first-order valence-electron chi connectivity index (χ1n) is 5.52. The van der Waals surface area contributed by atoms with Gasteiger partial charge in [0.15, 0.2) is 0 Å². The molecule has 0 radical (unpaired) electrons. The molecule has 2 amide bonds. The maximum absolute atomic E-state index is 11.9. The van der Waals surface area contributed by atoms with Gasteiger partial charge in [0.25, 0.3) is 0 Å². The number of urea groups is 1. The molecule has 0 rings (SSSR count). The van der Waals surface area contributed by atoms with Gasteiger partial charge in [-0.1, -0.05) is 0 Å². The van der Waals surface area contributed by atoms with E-state index in [0.29, 0.717) is 13.0 Å². The van der Waals surface area contributed by atoms with E-state index in [1.54, 1.807) is 13.8 Å². The van der Waals surface area contributed by atoms with Gasteiger partial charge in [-0.15, -0.1) is 12.3 Å². The number of terminal acetylenes is 1. The number of amides is 2. The van der Waals surface area contributed by atoms with Crippen LogP contribution in [-0.2, 0) is 4.79 Å². The highest BCUT2D eigenvalue weighted by Gasteiger charge is 2.37. The lowest BCUT2D eigenvalue weighted by atomic mass is 10.0. The van der Waals surface area contributed by atoms with Crippen molar-refractivity contribution in [2.75, 3.05) is 6.54 Å². The fraction of sp³-hybridized carbons (Fsp3) is 0.667. The molecule has 0 aliphatic carbocycles. The Morgan fingerprint density at radius 1 is 1.53 bits per heavy atom. The molecular formula is C12H20N2O3. The Labute approximate surface area is 102 Å². The normalized spacial score (nSPS) is 12.4. The van der Waals surface area contributed by atoms with Gasteiger partial charge in [-0.2, -0.15) is 0 Å². The van der Waals surface area contributed by atoms with Crippen LogP contribution in [0, 0.1) is 12.3 Å². The predicted octanol–water partition coefficient (Wildman–Crippen LogP) is 1.29. The Morgan fingerprint density at radius 2 is 2.06 bits per heavy atom. The third-order valence-electron chi connectivity index (χ3n) is 2.55. The van der Waals surface area contributed by atoms with E-state index in [1.807, 2.05) is 0 Å². The zero-order valence-corrected chi connectivity index (χ0v) is 10.8. The molecule has 1 unspecified atom stereocenters. The van der Waals surface area contributed by atoms with E-state index in [0.717, 1.165) is 0 Å². The molecule has 0 saturated heterocycles. The quantitative estimate of drug-likeness (QED) is 0.711. The molecule has 0 aliphatic rings. The summed E-state index contributed by atoms with van der Waals surface area (Å²) in [4.78, 5) is 24.2. The number of hydrogen-bond donors (Lipinski definition) is 2. The van der Waals surface area contributed by atoms with Gasteiger partial charge in [0.05, 0.1) is 0 Å². The number of carboxylic acid groups (broad SMARTS) is 1. The van der Waals surface area contributed by atoms with Crippen LogP contribution in [0.1, 0.15) is 34.1 Å². The van der Waals surface area contributed by atoms with Gasteiger partial charge >= 0.3 is 12.0 Å². The van der Waals surface area contributed by atoms with Crippen molar-refractivity contribution in [3.8, 4) is 12.3 Å². The van der Waals surface area contributed by atoms with Crippen molar-refractivity contribution >= 4 is 12.0 Å². The van der Waals surface area contributed by atoms with Crippen LogP contribution in [0.5, 0.6) is 0 Å². The zero-order valence-electron chi connectivity index (χ0n) is 10.8. The number of carboxylic acids is 1. The molecule has 96 valence electrons. The zero-order chi connectivity index (χ0) is 13.6. The fourth-order valence-electron chi connectivity index (χ4n) is 1.42. The Hall–Kier alpha value is -1.70. The number of hydrogen-bond acceptors (Lipinski definition) is 2. The van der Waals surface area contributed by atoms with Crippen molar-refractivity contribution in [2.45, 2.75) is 45.7 Å². The van der Waals surface area contributed by atoms with Gasteiger partial charge in [-0.25, -0.2) is 9.59 Å². The first-order valence-corrected chi connectivity index (χ1v) is 5.52. The average molecular weight is 240 g/mol. The summed E-state index contributed by atoms with van der Waals surface area (Å²) >= 11 is 0. The molecule has 0 bridgehead atoms. The maximum Gasteiger partial charge on any atom is 0.329 e. The predicted molar refractivity (Wildman–Crippen MR) is 65.5 cm³/mol. The number of carbonyl (C=O) groups is 2. The number of nitrogens with one attached hydrogen (secondary N) is 1. The summed E-state index contributed by atoms with van der Waals surface area (Å²) < 4.78 is 0. The molecule has 0 spiro atoms. The van der Waals surface area contributed by atoms with E-state index in [4.69, 9.17) is 11.5 Å². The molecule has 0 heterocycles. The van der Waals surface area contributed by atoms with Gasteiger partial charge in [0.2, 0.25) is 0 Å². The fourth-order valence-corrected chi connectivity index (χ4v) is 1.42. The molecule has 5 heteroatoms. The lowest BCUT2D eigenvalue weighted by molar-refractivity contribution is -0.147. The summed E-state index contributed by atoms with van der Waals surface area (Å²) in [5.41, 5.74) is -1.24. The standard InChI is InChI=1S/C12H20N2O3/c1-6-8-9(3)13-11(17)14(7-2)12(4,5)10(15)16/h1,9H,7-8H2,2-5H3,(H,13,17)(H,15,16).